The number of hydrogen-bond acceptors (Lipinski definition) is 5. The number of hydrogen-bond donors (Lipinski definition) is 3. The van der Waals surface area contributed by atoms with Crippen LogP contribution in [0.2, 0.25) is 0 Å². The summed E-state index contributed by atoms with van der Waals surface area (Å²) in [5.74, 6) is 1.19. The van der Waals surface area contributed by atoms with E-state index in [2.05, 4.69) is 22.2 Å². The molecule has 1 amide bonds. The number of aromatic nitrogens is 2. The summed E-state index contributed by atoms with van der Waals surface area (Å²) in [6, 6.07) is 0. The highest BCUT2D eigenvalue weighted by Crippen LogP contribution is 2.35. The molecule has 148 valence electrons. The molecule has 1 atom stereocenters. The Morgan fingerprint density at radius 2 is 2.15 bits per heavy atom. The van der Waals surface area contributed by atoms with Gasteiger partial charge in [0, 0.05) is 24.3 Å². The average Bonchev–Trinajstić information content (AvgIpc) is 3.02. The average molecular weight is 391 g/mol. The van der Waals surface area contributed by atoms with Gasteiger partial charge in [-0.2, -0.15) is 0 Å². The predicted molar refractivity (Wildman–Crippen MR) is 110 cm³/mol. The summed E-state index contributed by atoms with van der Waals surface area (Å²) < 4.78 is 0. The molecule has 0 spiro atoms. The lowest BCUT2D eigenvalue weighted by Gasteiger charge is -2.31. The summed E-state index contributed by atoms with van der Waals surface area (Å²) >= 11 is 1.64. The summed E-state index contributed by atoms with van der Waals surface area (Å²) in [4.78, 5) is 34.6. The van der Waals surface area contributed by atoms with Crippen LogP contribution in [-0.4, -0.2) is 28.0 Å². The number of nitrogens with two attached hydrogens (primary N) is 1. The van der Waals surface area contributed by atoms with Crippen molar-refractivity contribution in [1.82, 2.24) is 15.3 Å². The zero-order valence-corrected chi connectivity index (χ0v) is 17.3. The second-order valence-electron chi connectivity index (χ2n) is 7.78. The third-order valence-corrected chi connectivity index (χ3v) is 7.10. The van der Waals surface area contributed by atoms with Crippen LogP contribution in [0.1, 0.15) is 62.7 Å². The van der Waals surface area contributed by atoms with Gasteiger partial charge in [-0.25, -0.2) is 4.98 Å². The Kier molecular flexibility index (Phi) is 6.01. The number of nitrogens with one attached hydrogen (secondary N) is 2. The second kappa shape index (κ2) is 8.10. The summed E-state index contributed by atoms with van der Waals surface area (Å²) in [5, 5.41) is 3.82. The Bertz CT molecular complexity index is 874. The number of H-pyrrole nitrogens is 1. The predicted octanol–water partition coefficient (Wildman–Crippen LogP) is 2.68. The molecule has 3 rings (SSSR count). The molecule has 6 nitrogen and oxygen atoms in total. The molecule has 1 unspecified atom stereocenters. The molecule has 2 heterocycles. The maximum atomic E-state index is 12.6. The number of carbonyl (C=O) groups excluding carboxylic acids is 1. The third kappa shape index (κ3) is 4.09. The molecule has 2 aromatic rings. The Morgan fingerprint density at radius 3 is 2.81 bits per heavy atom. The lowest BCUT2D eigenvalue weighted by atomic mass is 9.89. The van der Waals surface area contributed by atoms with Crippen LogP contribution in [0.25, 0.3) is 10.2 Å². The van der Waals surface area contributed by atoms with E-state index in [1.54, 1.807) is 11.3 Å². The van der Waals surface area contributed by atoms with Gasteiger partial charge >= 0.3 is 0 Å². The lowest BCUT2D eigenvalue weighted by Crippen LogP contribution is -2.52. The molecule has 4 N–H and O–H groups in total. The van der Waals surface area contributed by atoms with E-state index >= 15 is 0 Å². The largest absolute Gasteiger partial charge is 0.349 e. The van der Waals surface area contributed by atoms with E-state index in [1.807, 2.05) is 13.8 Å². The van der Waals surface area contributed by atoms with Crippen molar-refractivity contribution in [2.45, 2.75) is 71.3 Å². The monoisotopic (exact) mass is 390 g/mol. The maximum Gasteiger partial charge on any atom is 0.259 e. The molecular weight excluding hydrogens is 360 g/mol. The number of carbonyl (C=O) groups is 1. The Balaban J connectivity index is 1.75. The Labute approximate surface area is 164 Å². The normalized spacial score (nSPS) is 17.1. The van der Waals surface area contributed by atoms with Crippen molar-refractivity contribution in [2.75, 3.05) is 6.54 Å². The van der Waals surface area contributed by atoms with Gasteiger partial charge in [-0.15, -0.1) is 11.3 Å². The molecule has 1 aliphatic carbocycles. The van der Waals surface area contributed by atoms with Crippen LogP contribution in [0.15, 0.2) is 4.79 Å². The van der Waals surface area contributed by atoms with Gasteiger partial charge in [-0.05, 0) is 43.6 Å². The summed E-state index contributed by atoms with van der Waals surface area (Å²) in [6.07, 6.45) is 5.42. The fraction of sp³-hybridized carbons (Fsp3) is 0.650. The Morgan fingerprint density at radius 1 is 1.41 bits per heavy atom. The summed E-state index contributed by atoms with van der Waals surface area (Å²) in [5.41, 5.74) is 6.63. The van der Waals surface area contributed by atoms with Gasteiger partial charge in [0.1, 0.15) is 10.7 Å². The van der Waals surface area contributed by atoms with Gasteiger partial charge in [0.2, 0.25) is 5.91 Å². The minimum atomic E-state index is -0.342. The van der Waals surface area contributed by atoms with E-state index < -0.39 is 0 Å². The van der Waals surface area contributed by atoms with Crippen molar-refractivity contribution in [3.05, 3.63) is 26.6 Å². The second-order valence-corrected chi connectivity index (χ2v) is 8.87. The van der Waals surface area contributed by atoms with Crippen LogP contribution in [0.4, 0.5) is 0 Å². The Hall–Kier alpha value is -1.73. The van der Waals surface area contributed by atoms with Crippen molar-refractivity contribution in [3.63, 3.8) is 0 Å². The van der Waals surface area contributed by atoms with Crippen LogP contribution in [0.3, 0.4) is 0 Å². The fourth-order valence-electron chi connectivity index (χ4n) is 3.87. The number of fused-ring (bicyclic) bond motifs is 3. The van der Waals surface area contributed by atoms with Gasteiger partial charge in [0.25, 0.3) is 5.56 Å². The maximum absolute atomic E-state index is 12.6. The first-order valence-electron chi connectivity index (χ1n) is 9.95. The van der Waals surface area contributed by atoms with E-state index in [1.165, 1.54) is 10.4 Å². The van der Waals surface area contributed by atoms with E-state index in [0.29, 0.717) is 31.1 Å². The fourth-order valence-corrected chi connectivity index (χ4v) is 5.27. The molecule has 1 aliphatic rings. The first-order valence-corrected chi connectivity index (χ1v) is 10.8. The number of rotatable bonds is 7. The van der Waals surface area contributed by atoms with Gasteiger partial charge in [0.05, 0.1) is 10.9 Å². The molecule has 0 fully saturated rings. The molecule has 27 heavy (non-hydrogen) atoms. The van der Waals surface area contributed by atoms with Crippen LogP contribution >= 0.6 is 11.3 Å². The number of amides is 1. The van der Waals surface area contributed by atoms with Crippen molar-refractivity contribution < 1.29 is 4.79 Å². The zero-order chi connectivity index (χ0) is 19.6. The minimum absolute atomic E-state index is 0.0498. The van der Waals surface area contributed by atoms with Crippen LogP contribution in [0.5, 0.6) is 0 Å². The van der Waals surface area contributed by atoms with E-state index in [0.717, 1.165) is 42.3 Å². The molecule has 7 heteroatoms. The standard InChI is InChI=1S/C20H30N4O2S/c1-4-20(5-2,11-21)24-16(25)9-8-15-22-18(26)17-13-7-6-12(3)10-14(13)27-19(17)23-15/h12H,4-11,21H2,1-3H3,(H,24,25)(H,22,23,26). The van der Waals surface area contributed by atoms with Gasteiger partial charge in [-0.3, -0.25) is 9.59 Å². The smallest absolute Gasteiger partial charge is 0.259 e. The molecule has 0 radical (unpaired) electrons. The zero-order valence-electron chi connectivity index (χ0n) is 16.5. The summed E-state index contributed by atoms with van der Waals surface area (Å²) in [7, 11) is 0. The molecular formula is C20H30N4O2S. The quantitative estimate of drug-likeness (QED) is 0.676. The SMILES string of the molecule is CCC(CC)(CN)NC(=O)CCc1nc2sc3c(c2c(=O)[nH]1)CCC(C)C3. The van der Waals surface area contributed by atoms with Gasteiger partial charge in [-0.1, -0.05) is 20.8 Å². The molecule has 0 bridgehead atoms. The lowest BCUT2D eigenvalue weighted by molar-refractivity contribution is -0.123. The molecule has 0 aromatic carbocycles. The molecule has 0 saturated heterocycles. The first-order chi connectivity index (χ1) is 12.9. The van der Waals surface area contributed by atoms with Crippen LogP contribution in [-0.2, 0) is 24.1 Å². The van der Waals surface area contributed by atoms with Gasteiger partial charge in [0.15, 0.2) is 0 Å². The molecule has 0 saturated carbocycles. The number of thiophene rings is 1. The van der Waals surface area contributed by atoms with E-state index in [-0.39, 0.29) is 17.0 Å². The highest BCUT2D eigenvalue weighted by molar-refractivity contribution is 7.18. The summed E-state index contributed by atoms with van der Waals surface area (Å²) in [6.45, 7) is 6.74. The van der Waals surface area contributed by atoms with Crippen LogP contribution in [0, 0.1) is 5.92 Å². The minimum Gasteiger partial charge on any atom is -0.349 e. The van der Waals surface area contributed by atoms with E-state index in [4.69, 9.17) is 5.73 Å². The molecule has 0 aliphatic heterocycles. The molecule has 2 aromatic heterocycles. The van der Waals surface area contributed by atoms with E-state index in [9.17, 15) is 9.59 Å². The van der Waals surface area contributed by atoms with Gasteiger partial charge < -0.3 is 16.0 Å². The van der Waals surface area contributed by atoms with Crippen LogP contribution < -0.4 is 16.6 Å². The number of aryl methyl sites for hydroxylation is 2. The van der Waals surface area contributed by atoms with Crippen molar-refractivity contribution in [3.8, 4) is 0 Å². The highest BCUT2D eigenvalue weighted by Gasteiger charge is 2.26. The van der Waals surface area contributed by atoms with Crippen molar-refractivity contribution in [2.24, 2.45) is 11.7 Å². The van der Waals surface area contributed by atoms with Crippen molar-refractivity contribution in [1.29, 1.82) is 0 Å². The first kappa shape index (κ1) is 20.0. The number of nitrogens with zero attached hydrogens (tertiary/aromatic N) is 1. The number of aromatic amines is 1. The highest BCUT2D eigenvalue weighted by atomic mass is 32.1. The van der Waals surface area contributed by atoms with Crippen molar-refractivity contribution >= 4 is 27.5 Å². The topological polar surface area (TPSA) is 101 Å². The third-order valence-electron chi connectivity index (χ3n) is 5.95.